The summed E-state index contributed by atoms with van der Waals surface area (Å²) < 4.78 is 27.3. The Kier molecular flexibility index (Phi) is 10.0. The quantitative estimate of drug-likeness (QED) is 0.347. The zero-order valence-electron chi connectivity index (χ0n) is 20.2. The maximum absolute atomic E-state index is 13.8. The van der Waals surface area contributed by atoms with Crippen molar-refractivity contribution < 1.29 is 18.0 Å². The number of carbonyl (C=O) groups is 2. The van der Waals surface area contributed by atoms with Gasteiger partial charge in [-0.15, -0.1) is 0 Å². The Balaban J connectivity index is 2.04. The third-order valence-electron chi connectivity index (χ3n) is 5.64. The second-order valence-electron chi connectivity index (χ2n) is 8.33. The molecule has 0 saturated carbocycles. The molecule has 0 aliphatic rings. The molecule has 0 heterocycles. The van der Waals surface area contributed by atoms with Crippen LogP contribution in [0.1, 0.15) is 11.1 Å². The highest BCUT2D eigenvalue weighted by Gasteiger charge is 2.33. The van der Waals surface area contributed by atoms with Crippen LogP contribution in [0.2, 0.25) is 10.0 Å². The summed E-state index contributed by atoms with van der Waals surface area (Å²) in [4.78, 5) is 28.3. The summed E-state index contributed by atoms with van der Waals surface area (Å²) in [6.45, 7) is -0.470. The second-order valence-corrected chi connectivity index (χ2v) is 12.0. The minimum Gasteiger partial charge on any atom is -0.357 e. The molecule has 3 aromatic carbocycles. The van der Waals surface area contributed by atoms with Crippen LogP contribution in [0, 0.1) is 0 Å². The molecule has 196 valence electrons. The van der Waals surface area contributed by atoms with Crippen LogP contribution < -0.4 is 9.62 Å². The summed E-state index contributed by atoms with van der Waals surface area (Å²) >= 11 is 15.7. The van der Waals surface area contributed by atoms with Crippen LogP contribution >= 0.6 is 39.1 Å². The molecule has 1 unspecified atom stereocenters. The van der Waals surface area contributed by atoms with Gasteiger partial charge in [-0.25, -0.2) is 8.42 Å². The molecule has 0 aliphatic heterocycles. The lowest BCUT2D eigenvalue weighted by atomic mass is 10.0. The maximum Gasteiger partial charge on any atom is 0.244 e. The van der Waals surface area contributed by atoms with E-state index in [-0.39, 0.29) is 29.6 Å². The van der Waals surface area contributed by atoms with Crippen LogP contribution in [-0.4, -0.2) is 51.0 Å². The highest BCUT2D eigenvalue weighted by molar-refractivity contribution is 9.10. The van der Waals surface area contributed by atoms with Crippen molar-refractivity contribution in [3.05, 3.63) is 98.4 Å². The van der Waals surface area contributed by atoms with E-state index >= 15 is 0 Å². The Morgan fingerprint density at radius 3 is 2.19 bits per heavy atom. The summed E-state index contributed by atoms with van der Waals surface area (Å²) in [5.74, 6) is -0.936. The molecular weight excluding hydrogens is 601 g/mol. The van der Waals surface area contributed by atoms with Crippen molar-refractivity contribution in [1.82, 2.24) is 10.2 Å². The molecular formula is C26H26BrCl2N3O4S. The molecule has 0 radical (unpaired) electrons. The van der Waals surface area contributed by atoms with E-state index in [9.17, 15) is 18.0 Å². The molecule has 3 aromatic rings. The Hall–Kier alpha value is -2.59. The summed E-state index contributed by atoms with van der Waals surface area (Å²) in [6.07, 6.45) is 1.23. The second kappa shape index (κ2) is 12.8. The topological polar surface area (TPSA) is 86.8 Å². The number of nitrogens with zero attached hydrogens (tertiary/aromatic N) is 2. The van der Waals surface area contributed by atoms with Crippen LogP contribution in [0.5, 0.6) is 0 Å². The molecule has 11 heteroatoms. The molecule has 0 aromatic heterocycles. The standard InChI is InChI=1S/C26H26BrCl2N3O4S/c1-30-26(34)24(14-18-6-4-3-5-7-18)31(16-19-8-10-20(27)11-9-19)25(33)17-32(37(2,35)36)23-13-12-21(28)15-22(23)29/h3-13,15,24H,14,16-17H2,1-2H3,(H,30,34). The average Bonchev–Trinajstić information content (AvgIpc) is 2.85. The number of rotatable bonds is 10. The van der Waals surface area contributed by atoms with Gasteiger partial charge in [0.1, 0.15) is 12.6 Å². The molecule has 0 spiro atoms. The monoisotopic (exact) mass is 625 g/mol. The zero-order valence-corrected chi connectivity index (χ0v) is 24.1. The van der Waals surface area contributed by atoms with Gasteiger partial charge in [0, 0.05) is 29.5 Å². The first-order chi connectivity index (χ1) is 17.5. The largest absolute Gasteiger partial charge is 0.357 e. The Labute approximate surface area is 235 Å². The fourth-order valence-electron chi connectivity index (χ4n) is 3.79. The van der Waals surface area contributed by atoms with Gasteiger partial charge in [-0.3, -0.25) is 13.9 Å². The number of carbonyl (C=O) groups excluding carboxylic acids is 2. The SMILES string of the molecule is CNC(=O)C(Cc1ccccc1)N(Cc1ccc(Br)cc1)C(=O)CN(c1ccc(Cl)cc1Cl)S(C)(=O)=O. The summed E-state index contributed by atoms with van der Waals surface area (Å²) in [5, 5.41) is 3.05. The van der Waals surface area contributed by atoms with Gasteiger partial charge in [0.25, 0.3) is 0 Å². The van der Waals surface area contributed by atoms with Crippen LogP contribution in [0.3, 0.4) is 0 Å². The van der Waals surface area contributed by atoms with E-state index in [2.05, 4.69) is 21.2 Å². The van der Waals surface area contributed by atoms with Crippen molar-refractivity contribution >= 4 is 66.7 Å². The lowest BCUT2D eigenvalue weighted by Crippen LogP contribution is -2.52. The predicted octanol–water partition coefficient (Wildman–Crippen LogP) is 4.91. The van der Waals surface area contributed by atoms with Gasteiger partial charge in [0.2, 0.25) is 21.8 Å². The molecule has 3 rings (SSSR count). The van der Waals surface area contributed by atoms with E-state index in [1.54, 1.807) is 0 Å². The average molecular weight is 627 g/mol. The predicted molar refractivity (Wildman–Crippen MR) is 151 cm³/mol. The van der Waals surface area contributed by atoms with Gasteiger partial charge in [-0.2, -0.15) is 0 Å². The van der Waals surface area contributed by atoms with Crippen molar-refractivity contribution in [2.24, 2.45) is 0 Å². The Morgan fingerprint density at radius 2 is 1.62 bits per heavy atom. The smallest absolute Gasteiger partial charge is 0.244 e. The third kappa shape index (κ3) is 7.95. The Bertz CT molecular complexity index is 1360. The number of anilines is 1. The number of sulfonamides is 1. The lowest BCUT2D eigenvalue weighted by Gasteiger charge is -2.33. The van der Waals surface area contributed by atoms with Gasteiger partial charge in [-0.1, -0.05) is 81.6 Å². The van der Waals surface area contributed by atoms with Crippen molar-refractivity contribution in [3.8, 4) is 0 Å². The number of likely N-dealkylation sites (N-methyl/N-ethyl adjacent to an activating group) is 1. The fourth-order valence-corrected chi connectivity index (χ4v) is 5.47. The molecule has 0 saturated heterocycles. The summed E-state index contributed by atoms with van der Waals surface area (Å²) in [6, 6.07) is 20.1. The van der Waals surface area contributed by atoms with Gasteiger partial charge in [0.05, 0.1) is 17.0 Å². The first-order valence-electron chi connectivity index (χ1n) is 11.2. The number of amides is 2. The van der Waals surface area contributed by atoms with E-state index in [4.69, 9.17) is 23.2 Å². The number of hydrogen-bond acceptors (Lipinski definition) is 4. The lowest BCUT2D eigenvalue weighted by molar-refractivity contribution is -0.139. The van der Waals surface area contributed by atoms with Crippen LogP contribution in [0.25, 0.3) is 0 Å². The maximum atomic E-state index is 13.8. The van der Waals surface area contributed by atoms with E-state index < -0.39 is 28.5 Å². The van der Waals surface area contributed by atoms with Gasteiger partial charge in [-0.05, 0) is 41.5 Å². The number of halogens is 3. The van der Waals surface area contributed by atoms with Gasteiger partial charge in [0.15, 0.2) is 0 Å². The van der Waals surface area contributed by atoms with E-state index in [1.165, 1.54) is 30.1 Å². The molecule has 0 aliphatic carbocycles. The van der Waals surface area contributed by atoms with E-state index in [1.807, 2.05) is 54.6 Å². The minimum atomic E-state index is -3.92. The van der Waals surface area contributed by atoms with Crippen molar-refractivity contribution in [2.75, 3.05) is 24.2 Å². The first-order valence-corrected chi connectivity index (χ1v) is 14.6. The van der Waals surface area contributed by atoms with E-state index in [0.29, 0.717) is 5.02 Å². The van der Waals surface area contributed by atoms with Crippen LogP contribution in [0.4, 0.5) is 5.69 Å². The highest BCUT2D eigenvalue weighted by atomic mass is 79.9. The highest BCUT2D eigenvalue weighted by Crippen LogP contribution is 2.30. The molecule has 7 nitrogen and oxygen atoms in total. The molecule has 0 fully saturated rings. The summed E-state index contributed by atoms with van der Waals surface area (Å²) in [7, 11) is -2.42. The summed E-state index contributed by atoms with van der Waals surface area (Å²) in [5.41, 5.74) is 1.74. The van der Waals surface area contributed by atoms with Crippen LogP contribution in [0.15, 0.2) is 77.3 Å². The number of benzene rings is 3. The molecule has 0 bridgehead atoms. The molecule has 2 amide bonds. The fraction of sp³-hybridized carbons (Fsp3) is 0.231. The number of nitrogens with one attached hydrogen (secondary N) is 1. The third-order valence-corrected chi connectivity index (χ3v) is 7.83. The first kappa shape index (κ1) is 29.0. The van der Waals surface area contributed by atoms with Crippen molar-refractivity contribution in [3.63, 3.8) is 0 Å². The van der Waals surface area contributed by atoms with Crippen LogP contribution in [-0.2, 0) is 32.6 Å². The van der Waals surface area contributed by atoms with Gasteiger partial charge >= 0.3 is 0 Å². The molecule has 1 atom stereocenters. The van der Waals surface area contributed by atoms with Crippen molar-refractivity contribution in [1.29, 1.82) is 0 Å². The Morgan fingerprint density at radius 1 is 0.973 bits per heavy atom. The minimum absolute atomic E-state index is 0.0809. The van der Waals surface area contributed by atoms with Gasteiger partial charge < -0.3 is 10.2 Å². The zero-order chi connectivity index (χ0) is 27.2. The normalized spacial score (nSPS) is 12.0. The van der Waals surface area contributed by atoms with E-state index in [0.717, 1.165) is 26.2 Å². The molecule has 37 heavy (non-hydrogen) atoms. The molecule has 1 N–H and O–H groups in total. The number of hydrogen-bond donors (Lipinski definition) is 1. The van der Waals surface area contributed by atoms with Crippen molar-refractivity contribution in [2.45, 2.75) is 19.0 Å².